The van der Waals surface area contributed by atoms with Crippen LogP contribution in [-0.4, -0.2) is 21.5 Å². The summed E-state index contributed by atoms with van der Waals surface area (Å²) in [4.78, 5) is 4.33. The molecule has 0 radical (unpaired) electrons. The Balaban J connectivity index is 1.95. The van der Waals surface area contributed by atoms with Gasteiger partial charge < -0.3 is 10.8 Å². The van der Waals surface area contributed by atoms with Crippen molar-refractivity contribution in [2.75, 3.05) is 5.73 Å². The van der Waals surface area contributed by atoms with Crippen LogP contribution < -0.4 is 5.73 Å². The Kier molecular flexibility index (Phi) is 2.64. The van der Waals surface area contributed by atoms with Crippen LogP contribution in [0.25, 0.3) is 10.9 Å². The summed E-state index contributed by atoms with van der Waals surface area (Å²) in [5, 5.41) is 17.6. The smallest absolute Gasteiger partial charge is 0.147 e. The van der Waals surface area contributed by atoms with E-state index in [0.717, 1.165) is 16.6 Å². The van der Waals surface area contributed by atoms with Crippen LogP contribution in [0.5, 0.6) is 5.75 Å². The highest BCUT2D eigenvalue weighted by Crippen LogP contribution is 2.24. The van der Waals surface area contributed by atoms with Crippen molar-refractivity contribution in [3.8, 4) is 5.75 Å². The van der Waals surface area contributed by atoms with Gasteiger partial charge in [-0.05, 0) is 30.3 Å². The molecular formula is C14H12N4O. The number of phenols is 1. The minimum absolute atomic E-state index is 0.0515. The van der Waals surface area contributed by atoms with Crippen molar-refractivity contribution in [3.63, 3.8) is 0 Å². The minimum Gasteiger partial charge on any atom is -0.505 e. The zero-order valence-electron chi connectivity index (χ0n) is 10.0. The molecule has 0 amide bonds. The fourth-order valence-corrected chi connectivity index (χ4v) is 1.84. The Labute approximate surface area is 109 Å². The molecule has 0 saturated carbocycles. The summed E-state index contributed by atoms with van der Waals surface area (Å²) in [5.41, 5.74) is 8.31. The number of aromatic hydroxyl groups is 1. The van der Waals surface area contributed by atoms with Gasteiger partial charge in [-0.1, -0.05) is 6.07 Å². The van der Waals surface area contributed by atoms with E-state index in [-0.39, 0.29) is 5.75 Å². The molecule has 0 bridgehead atoms. The van der Waals surface area contributed by atoms with Crippen molar-refractivity contribution in [3.05, 3.63) is 48.2 Å². The summed E-state index contributed by atoms with van der Waals surface area (Å²) in [5.74, 6) is 0.0515. The van der Waals surface area contributed by atoms with E-state index in [1.165, 1.54) is 0 Å². The Morgan fingerprint density at radius 3 is 3.05 bits per heavy atom. The van der Waals surface area contributed by atoms with Crippen LogP contribution in [0, 0.1) is 0 Å². The largest absolute Gasteiger partial charge is 0.505 e. The number of fused-ring (bicyclic) bond motifs is 1. The van der Waals surface area contributed by atoms with Gasteiger partial charge in [-0.25, -0.2) is 0 Å². The zero-order chi connectivity index (χ0) is 13.2. The predicted molar refractivity (Wildman–Crippen MR) is 75.9 cm³/mol. The highest BCUT2D eigenvalue weighted by molar-refractivity contribution is 5.89. The van der Waals surface area contributed by atoms with E-state index in [4.69, 9.17) is 5.73 Å². The third-order valence-electron chi connectivity index (χ3n) is 2.87. The van der Waals surface area contributed by atoms with Crippen LogP contribution in [0.1, 0.15) is 5.56 Å². The lowest BCUT2D eigenvalue weighted by Gasteiger charge is -2.01. The standard InChI is InChI=1S/C14H12N4O/c15-12-3-1-2-9(14(12)19)7-16-11-4-5-13-10(6-11)8-17-18-13/h1-8,19H,15H2,(H,17,18)/b16-7+. The molecule has 0 spiro atoms. The predicted octanol–water partition coefficient (Wildman–Crippen LogP) is 2.60. The van der Waals surface area contributed by atoms with E-state index in [0.29, 0.717) is 11.3 Å². The fourth-order valence-electron chi connectivity index (χ4n) is 1.84. The maximum Gasteiger partial charge on any atom is 0.147 e. The van der Waals surface area contributed by atoms with E-state index in [1.54, 1.807) is 30.6 Å². The van der Waals surface area contributed by atoms with Gasteiger partial charge in [0, 0.05) is 17.2 Å². The molecule has 0 aliphatic heterocycles. The van der Waals surface area contributed by atoms with E-state index in [9.17, 15) is 5.11 Å². The Hall–Kier alpha value is -2.82. The number of phenolic OH excluding ortho intramolecular Hbond substituents is 1. The van der Waals surface area contributed by atoms with Crippen molar-refractivity contribution in [2.24, 2.45) is 4.99 Å². The van der Waals surface area contributed by atoms with Gasteiger partial charge in [-0.3, -0.25) is 10.1 Å². The molecule has 0 fully saturated rings. The summed E-state index contributed by atoms with van der Waals surface area (Å²) in [6, 6.07) is 10.9. The molecule has 0 aliphatic carbocycles. The number of aromatic nitrogens is 2. The van der Waals surface area contributed by atoms with Gasteiger partial charge in [0.05, 0.1) is 23.1 Å². The van der Waals surface area contributed by atoms with Gasteiger partial charge in [0.25, 0.3) is 0 Å². The average Bonchev–Trinajstić information content (AvgIpc) is 2.88. The number of nitrogens with zero attached hydrogens (tertiary/aromatic N) is 2. The molecule has 1 heterocycles. The molecule has 19 heavy (non-hydrogen) atoms. The van der Waals surface area contributed by atoms with Gasteiger partial charge in [0.1, 0.15) is 5.75 Å². The van der Waals surface area contributed by atoms with E-state index >= 15 is 0 Å². The number of nitrogens with one attached hydrogen (secondary N) is 1. The minimum atomic E-state index is 0.0515. The molecule has 4 N–H and O–H groups in total. The number of hydrogen-bond donors (Lipinski definition) is 3. The molecule has 5 heteroatoms. The Bertz CT molecular complexity index is 761. The number of aliphatic imine (C=N–C) groups is 1. The number of para-hydroxylation sites is 1. The zero-order valence-corrected chi connectivity index (χ0v) is 10.0. The van der Waals surface area contributed by atoms with Crippen molar-refractivity contribution >= 4 is 28.5 Å². The molecule has 3 aromatic rings. The van der Waals surface area contributed by atoms with Gasteiger partial charge in [-0.15, -0.1) is 0 Å². The number of H-pyrrole nitrogens is 1. The van der Waals surface area contributed by atoms with E-state index < -0.39 is 0 Å². The molecule has 1 aromatic heterocycles. The topological polar surface area (TPSA) is 87.3 Å². The van der Waals surface area contributed by atoms with Crippen LogP contribution >= 0.6 is 0 Å². The quantitative estimate of drug-likeness (QED) is 0.372. The van der Waals surface area contributed by atoms with Crippen LogP contribution in [0.15, 0.2) is 47.6 Å². The highest BCUT2D eigenvalue weighted by atomic mass is 16.3. The normalized spacial score (nSPS) is 11.4. The molecule has 0 atom stereocenters. The second-order valence-electron chi connectivity index (χ2n) is 4.18. The number of nitrogens with two attached hydrogens (primary N) is 1. The highest BCUT2D eigenvalue weighted by Gasteiger charge is 2.01. The Morgan fingerprint density at radius 2 is 2.16 bits per heavy atom. The molecule has 0 unspecified atom stereocenters. The summed E-state index contributed by atoms with van der Waals surface area (Å²) in [6.45, 7) is 0. The van der Waals surface area contributed by atoms with Gasteiger partial charge in [0.2, 0.25) is 0 Å². The summed E-state index contributed by atoms with van der Waals surface area (Å²) < 4.78 is 0. The number of benzene rings is 2. The summed E-state index contributed by atoms with van der Waals surface area (Å²) in [7, 11) is 0. The van der Waals surface area contributed by atoms with E-state index in [1.807, 2.05) is 18.2 Å². The van der Waals surface area contributed by atoms with Crippen molar-refractivity contribution in [1.82, 2.24) is 10.2 Å². The molecule has 94 valence electrons. The van der Waals surface area contributed by atoms with Crippen molar-refractivity contribution in [1.29, 1.82) is 0 Å². The lowest BCUT2D eigenvalue weighted by atomic mass is 10.2. The lowest BCUT2D eigenvalue weighted by molar-refractivity contribution is 0.477. The third-order valence-corrected chi connectivity index (χ3v) is 2.87. The number of rotatable bonds is 2. The second-order valence-corrected chi connectivity index (χ2v) is 4.18. The van der Waals surface area contributed by atoms with Crippen molar-refractivity contribution < 1.29 is 5.11 Å². The first-order valence-electron chi connectivity index (χ1n) is 5.79. The van der Waals surface area contributed by atoms with Gasteiger partial charge >= 0.3 is 0 Å². The van der Waals surface area contributed by atoms with Crippen LogP contribution in [-0.2, 0) is 0 Å². The third kappa shape index (κ3) is 2.13. The number of anilines is 1. The first kappa shape index (κ1) is 11.3. The first-order valence-corrected chi connectivity index (χ1v) is 5.79. The van der Waals surface area contributed by atoms with Crippen LogP contribution in [0.3, 0.4) is 0 Å². The monoisotopic (exact) mass is 252 g/mol. The van der Waals surface area contributed by atoms with E-state index in [2.05, 4.69) is 15.2 Å². The molecule has 2 aromatic carbocycles. The second kappa shape index (κ2) is 4.45. The molecule has 5 nitrogen and oxygen atoms in total. The fraction of sp³-hybridized carbons (Fsp3) is 0. The average molecular weight is 252 g/mol. The SMILES string of the molecule is Nc1cccc(/C=N/c2ccc3[nH]ncc3c2)c1O. The van der Waals surface area contributed by atoms with Crippen LogP contribution in [0.2, 0.25) is 0 Å². The van der Waals surface area contributed by atoms with Gasteiger partial charge in [-0.2, -0.15) is 5.10 Å². The maximum absolute atomic E-state index is 9.78. The molecule has 0 aliphatic rings. The molecular weight excluding hydrogens is 240 g/mol. The summed E-state index contributed by atoms with van der Waals surface area (Å²) >= 11 is 0. The maximum atomic E-state index is 9.78. The first-order chi connectivity index (χ1) is 9.24. The number of nitrogen functional groups attached to an aromatic ring is 1. The Morgan fingerprint density at radius 1 is 1.26 bits per heavy atom. The molecule has 0 saturated heterocycles. The summed E-state index contributed by atoms with van der Waals surface area (Å²) in [6.07, 6.45) is 3.33. The lowest BCUT2D eigenvalue weighted by Crippen LogP contribution is -1.89. The van der Waals surface area contributed by atoms with Gasteiger partial charge in [0.15, 0.2) is 0 Å². The molecule has 3 rings (SSSR count). The number of hydrogen-bond acceptors (Lipinski definition) is 4. The van der Waals surface area contributed by atoms with Crippen LogP contribution in [0.4, 0.5) is 11.4 Å². The van der Waals surface area contributed by atoms with Crippen molar-refractivity contribution in [2.45, 2.75) is 0 Å². The number of aromatic amines is 1.